The number of rotatable bonds is 6. The van der Waals surface area contributed by atoms with Crippen LogP contribution in [0.15, 0.2) is 24.3 Å². The Kier molecular flexibility index (Phi) is 4.71. The van der Waals surface area contributed by atoms with Crippen molar-refractivity contribution in [2.75, 3.05) is 13.2 Å². The smallest absolute Gasteiger partial charge is 0.181 e. The Morgan fingerprint density at radius 3 is 1.53 bits per heavy atom. The number of ether oxygens (including phenoxy) is 4. The highest BCUT2D eigenvalue weighted by Gasteiger charge is 2.63. The predicted molar refractivity (Wildman–Crippen MR) is 107 cm³/mol. The first kappa shape index (κ1) is 20.3. The van der Waals surface area contributed by atoms with Crippen LogP contribution in [0.5, 0.6) is 0 Å². The van der Waals surface area contributed by atoms with Gasteiger partial charge in [0.15, 0.2) is 23.1 Å². The van der Waals surface area contributed by atoms with Crippen molar-refractivity contribution in [1.29, 1.82) is 0 Å². The Hall–Kier alpha value is -1.60. The maximum absolute atomic E-state index is 12.3. The van der Waals surface area contributed by atoms with Gasteiger partial charge in [0.1, 0.15) is 13.2 Å². The lowest BCUT2D eigenvalue weighted by molar-refractivity contribution is -0.249. The highest BCUT2D eigenvalue weighted by atomic mass is 16.7. The van der Waals surface area contributed by atoms with Gasteiger partial charge in [0.25, 0.3) is 0 Å². The van der Waals surface area contributed by atoms with Gasteiger partial charge in [-0.05, 0) is 50.7 Å². The van der Waals surface area contributed by atoms with E-state index in [4.69, 9.17) is 18.9 Å². The summed E-state index contributed by atoms with van der Waals surface area (Å²) in [6, 6.07) is 8.07. The van der Waals surface area contributed by atoms with Crippen molar-refractivity contribution in [3.8, 4) is 0 Å². The molecule has 1 aromatic rings. The van der Waals surface area contributed by atoms with E-state index < -0.39 is 22.4 Å². The lowest BCUT2D eigenvalue weighted by atomic mass is 9.81. The van der Waals surface area contributed by atoms with Gasteiger partial charge in [-0.1, -0.05) is 24.3 Å². The maximum Gasteiger partial charge on any atom is 0.181 e. The second-order valence-electron chi connectivity index (χ2n) is 9.69. The van der Waals surface area contributed by atoms with Gasteiger partial charge >= 0.3 is 0 Å². The number of hydrogen-bond donors (Lipinski definition) is 0. The fourth-order valence-electron chi connectivity index (χ4n) is 5.81. The molecule has 4 fully saturated rings. The SMILES string of the molecule is C[C@@]12CCC[C@]1(OCc1ccc(CO[C@@]34CCC[C@]3(C)C(=O)CO4)cc1)OCC2=O. The zero-order chi connectivity index (χ0) is 21.0. The van der Waals surface area contributed by atoms with E-state index in [-0.39, 0.29) is 24.8 Å². The molecule has 0 aromatic heterocycles. The molecule has 0 N–H and O–H groups in total. The summed E-state index contributed by atoms with van der Waals surface area (Å²) < 4.78 is 24.1. The topological polar surface area (TPSA) is 71.1 Å². The molecule has 2 saturated carbocycles. The zero-order valence-corrected chi connectivity index (χ0v) is 17.8. The molecule has 2 aliphatic carbocycles. The maximum atomic E-state index is 12.3. The van der Waals surface area contributed by atoms with E-state index in [1.165, 1.54) is 0 Å². The lowest BCUT2D eigenvalue weighted by Gasteiger charge is -2.35. The number of carbonyl (C=O) groups excluding carboxylic acids is 2. The summed E-state index contributed by atoms with van der Waals surface area (Å²) in [4.78, 5) is 24.6. The molecular formula is C24H30O6. The van der Waals surface area contributed by atoms with Gasteiger partial charge < -0.3 is 18.9 Å². The number of carbonyl (C=O) groups is 2. The molecular weight excluding hydrogens is 384 g/mol. The van der Waals surface area contributed by atoms with Crippen molar-refractivity contribution in [2.45, 2.75) is 77.2 Å². The molecule has 5 rings (SSSR count). The van der Waals surface area contributed by atoms with Gasteiger partial charge in [0.05, 0.1) is 24.0 Å². The first-order valence-electron chi connectivity index (χ1n) is 11.0. The Morgan fingerprint density at radius 1 is 0.733 bits per heavy atom. The quantitative estimate of drug-likeness (QED) is 0.707. The molecule has 4 atom stereocenters. The van der Waals surface area contributed by atoms with E-state index in [2.05, 4.69) is 0 Å². The van der Waals surface area contributed by atoms with Crippen LogP contribution in [0.4, 0.5) is 0 Å². The van der Waals surface area contributed by atoms with E-state index in [0.29, 0.717) is 13.2 Å². The predicted octanol–water partition coefficient (Wildman–Crippen LogP) is 3.69. The summed E-state index contributed by atoms with van der Waals surface area (Å²) in [5.41, 5.74) is 1.02. The van der Waals surface area contributed by atoms with E-state index >= 15 is 0 Å². The van der Waals surface area contributed by atoms with E-state index in [1.807, 2.05) is 38.1 Å². The number of ketones is 2. The molecule has 1 aromatic carbocycles. The van der Waals surface area contributed by atoms with Crippen LogP contribution in [-0.4, -0.2) is 36.4 Å². The molecule has 0 amide bonds. The fourth-order valence-corrected chi connectivity index (χ4v) is 5.81. The summed E-state index contributed by atoms with van der Waals surface area (Å²) in [6.07, 6.45) is 5.08. The van der Waals surface area contributed by atoms with Gasteiger partial charge in [-0.2, -0.15) is 0 Å². The molecule has 2 heterocycles. The Bertz CT molecular complexity index is 794. The molecule has 0 unspecified atom stereocenters. The lowest BCUT2D eigenvalue weighted by Crippen LogP contribution is -2.44. The highest BCUT2D eigenvalue weighted by molar-refractivity contribution is 5.89. The van der Waals surface area contributed by atoms with Crippen LogP contribution in [0.25, 0.3) is 0 Å². The molecule has 30 heavy (non-hydrogen) atoms. The number of benzene rings is 1. The van der Waals surface area contributed by atoms with E-state index in [9.17, 15) is 9.59 Å². The molecule has 2 aliphatic heterocycles. The van der Waals surface area contributed by atoms with Crippen molar-refractivity contribution in [1.82, 2.24) is 0 Å². The van der Waals surface area contributed by atoms with Crippen LogP contribution < -0.4 is 0 Å². The standard InChI is InChI=1S/C24H30O6/c1-21-9-3-11-23(21,29-15-19(21)25)27-13-17-5-7-18(8-6-17)14-28-24-12-4-10-22(24,2)20(26)16-30-24/h5-8H,3-4,9-16H2,1-2H3/t21-,22+,23-,24+. The minimum Gasteiger partial charge on any atom is -0.344 e. The summed E-state index contributed by atoms with van der Waals surface area (Å²) in [6.45, 7) is 5.06. The van der Waals surface area contributed by atoms with Crippen molar-refractivity contribution in [3.05, 3.63) is 35.4 Å². The Balaban J connectivity index is 1.21. The molecule has 6 nitrogen and oxygen atoms in total. The minimum atomic E-state index is -0.774. The van der Waals surface area contributed by atoms with Gasteiger partial charge in [-0.25, -0.2) is 0 Å². The summed E-state index contributed by atoms with van der Waals surface area (Å²) >= 11 is 0. The third kappa shape index (κ3) is 2.77. The van der Waals surface area contributed by atoms with E-state index in [0.717, 1.165) is 49.7 Å². The van der Waals surface area contributed by atoms with Gasteiger partial charge in [-0.3, -0.25) is 9.59 Å². The van der Waals surface area contributed by atoms with Crippen molar-refractivity contribution in [3.63, 3.8) is 0 Å². The minimum absolute atomic E-state index is 0.151. The molecule has 6 heteroatoms. The van der Waals surface area contributed by atoms with Gasteiger partial charge in [0, 0.05) is 12.8 Å². The average molecular weight is 414 g/mol. The van der Waals surface area contributed by atoms with Gasteiger partial charge in [0.2, 0.25) is 0 Å². The molecule has 0 bridgehead atoms. The number of Topliss-reactive ketones (excluding diaryl/α,β-unsaturated/α-hetero) is 2. The molecule has 0 spiro atoms. The monoisotopic (exact) mass is 414 g/mol. The van der Waals surface area contributed by atoms with Crippen LogP contribution in [0.1, 0.15) is 63.5 Å². The van der Waals surface area contributed by atoms with Crippen LogP contribution in [0.3, 0.4) is 0 Å². The largest absolute Gasteiger partial charge is 0.344 e. The Labute approximate surface area is 177 Å². The zero-order valence-electron chi connectivity index (χ0n) is 17.8. The average Bonchev–Trinajstić information content (AvgIpc) is 3.40. The van der Waals surface area contributed by atoms with Crippen LogP contribution in [-0.2, 0) is 41.8 Å². The fraction of sp³-hybridized carbons (Fsp3) is 0.667. The molecule has 2 saturated heterocycles. The second kappa shape index (κ2) is 6.95. The normalized spacial score (nSPS) is 40.2. The summed E-state index contributed by atoms with van der Waals surface area (Å²) in [7, 11) is 0. The number of fused-ring (bicyclic) bond motifs is 2. The van der Waals surface area contributed by atoms with Crippen LogP contribution in [0, 0.1) is 10.8 Å². The van der Waals surface area contributed by atoms with Crippen LogP contribution >= 0.6 is 0 Å². The molecule has 4 aliphatic rings. The van der Waals surface area contributed by atoms with Gasteiger partial charge in [-0.15, -0.1) is 0 Å². The molecule has 162 valence electrons. The first-order chi connectivity index (χ1) is 14.3. The molecule has 0 radical (unpaired) electrons. The first-order valence-corrected chi connectivity index (χ1v) is 11.0. The van der Waals surface area contributed by atoms with Crippen LogP contribution in [0.2, 0.25) is 0 Å². The third-order valence-corrected chi connectivity index (χ3v) is 8.12. The van der Waals surface area contributed by atoms with E-state index in [1.54, 1.807) is 0 Å². The van der Waals surface area contributed by atoms with Crippen molar-refractivity contribution < 1.29 is 28.5 Å². The number of hydrogen-bond acceptors (Lipinski definition) is 6. The Morgan fingerprint density at radius 2 is 1.13 bits per heavy atom. The second-order valence-corrected chi connectivity index (χ2v) is 9.69. The third-order valence-electron chi connectivity index (χ3n) is 8.12. The van der Waals surface area contributed by atoms with Crippen molar-refractivity contribution >= 4 is 11.6 Å². The van der Waals surface area contributed by atoms with Crippen molar-refractivity contribution in [2.24, 2.45) is 10.8 Å². The highest BCUT2D eigenvalue weighted by Crippen LogP contribution is 2.55. The summed E-state index contributed by atoms with van der Waals surface area (Å²) in [5, 5.41) is 0. The summed E-state index contributed by atoms with van der Waals surface area (Å²) in [5.74, 6) is -1.24.